The zero-order chi connectivity index (χ0) is 13.8. The lowest BCUT2D eigenvalue weighted by atomic mass is 10.2. The third-order valence-corrected chi connectivity index (χ3v) is 3.98. The number of nitrogens with one attached hydrogen (secondary N) is 1. The van der Waals surface area contributed by atoms with Crippen LogP contribution in [0.15, 0.2) is 17.6 Å². The van der Waals surface area contributed by atoms with Gasteiger partial charge in [0.25, 0.3) is 5.91 Å². The van der Waals surface area contributed by atoms with E-state index in [-0.39, 0.29) is 5.91 Å². The molecule has 0 unspecified atom stereocenters. The Kier molecular flexibility index (Phi) is 4.31. The van der Waals surface area contributed by atoms with Crippen molar-refractivity contribution < 1.29 is 4.79 Å². The lowest BCUT2D eigenvalue weighted by Gasteiger charge is -2.04. The number of amides is 1. The smallest absolute Gasteiger partial charge is 0.270 e. The number of thiazole rings is 1. The summed E-state index contributed by atoms with van der Waals surface area (Å²) in [5, 5.41) is 9.78. The summed E-state index contributed by atoms with van der Waals surface area (Å²) in [7, 11) is 1.90. The normalized spacial score (nSPS) is 10.9. The molecule has 19 heavy (non-hydrogen) atoms. The summed E-state index contributed by atoms with van der Waals surface area (Å²) >= 11 is 1.53. The topological polar surface area (TPSA) is 59.8 Å². The van der Waals surface area contributed by atoms with Crippen LogP contribution in [-0.4, -0.2) is 27.2 Å². The zero-order valence-corrected chi connectivity index (χ0v) is 12.2. The fourth-order valence-corrected chi connectivity index (χ4v) is 2.51. The van der Waals surface area contributed by atoms with Gasteiger partial charge in [-0.3, -0.25) is 9.48 Å². The van der Waals surface area contributed by atoms with Crippen LogP contribution in [0.3, 0.4) is 0 Å². The van der Waals surface area contributed by atoms with Crippen LogP contribution in [0.25, 0.3) is 0 Å². The summed E-state index contributed by atoms with van der Waals surface area (Å²) in [6.07, 6.45) is 2.52. The minimum absolute atomic E-state index is 0.106. The highest BCUT2D eigenvalue weighted by molar-refractivity contribution is 7.09. The summed E-state index contributed by atoms with van der Waals surface area (Å²) in [6.45, 7) is 4.73. The molecule has 0 aliphatic carbocycles. The number of aromatic nitrogens is 3. The van der Waals surface area contributed by atoms with Crippen LogP contribution in [0, 0.1) is 0 Å². The Hall–Kier alpha value is -1.69. The van der Waals surface area contributed by atoms with Gasteiger partial charge in [0, 0.05) is 43.2 Å². The fourth-order valence-electron chi connectivity index (χ4n) is 1.70. The number of carbonyl (C=O) groups is 1. The van der Waals surface area contributed by atoms with Crippen molar-refractivity contribution in [1.82, 2.24) is 20.1 Å². The largest absolute Gasteiger partial charge is 0.350 e. The van der Waals surface area contributed by atoms with Crippen LogP contribution in [0.2, 0.25) is 0 Å². The van der Waals surface area contributed by atoms with Crippen molar-refractivity contribution in [3.05, 3.63) is 34.0 Å². The molecule has 6 heteroatoms. The monoisotopic (exact) mass is 278 g/mol. The lowest BCUT2D eigenvalue weighted by molar-refractivity contribution is 0.0949. The molecule has 2 heterocycles. The quantitative estimate of drug-likeness (QED) is 0.909. The molecule has 2 aromatic rings. The van der Waals surface area contributed by atoms with Crippen molar-refractivity contribution in [2.75, 3.05) is 6.54 Å². The summed E-state index contributed by atoms with van der Waals surface area (Å²) in [5.41, 5.74) is 1.61. The van der Waals surface area contributed by atoms with Gasteiger partial charge in [0.2, 0.25) is 0 Å². The van der Waals surface area contributed by atoms with E-state index in [1.807, 2.05) is 23.2 Å². The van der Waals surface area contributed by atoms with Gasteiger partial charge in [0.05, 0.1) is 5.01 Å². The SMILES string of the molecule is CC(C)c1nc(C(=O)NCCc2ccnn2C)cs1. The Bertz CT molecular complexity index is 558. The standard InChI is InChI=1S/C13H18N4OS/c1-9(2)13-16-11(8-19-13)12(18)14-6-4-10-5-7-15-17(10)3/h5,7-9H,4,6H2,1-3H3,(H,14,18). The molecule has 0 bridgehead atoms. The maximum absolute atomic E-state index is 11.9. The minimum atomic E-state index is -0.106. The van der Waals surface area contributed by atoms with Gasteiger partial charge in [0.1, 0.15) is 5.69 Å². The third-order valence-electron chi connectivity index (χ3n) is 2.84. The van der Waals surface area contributed by atoms with E-state index < -0.39 is 0 Å². The average Bonchev–Trinajstić information content (AvgIpc) is 2.98. The molecule has 1 N–H and O–H groups in total. The zero-order valence-electron chi connectivity index (χ0n) is 11.4. The highest BCUT2D eigenvalue weighted by atomic mass is 32.1. The first kappa shape index (κ1) is 13.7. The van der Waals surface area contributed by atoms with E-state index in [1.54, 1.807) is 6.20 Å². The molecule has 0 atom stereocenters. The molecule has 1 amide bonds. The number of rotatable bonds is 5. The van der Waals surface area contributed by atoms with E-state index in [0.29, 0.717) is 18.2 Å². The van der Waals surface area contributed by atoms with Crippen molar-refractivity contribution in [2.45, 2.75) is 26.2 Å². The second-order valence-corrected chi connectivity index (χ2v) is 5.57. The van der Waals surface area contributed by atoms with Crippen molar-refractivity contribution in [3.63, 3.8) is 0 Å². The van der Waals surface area contributed by atoms with Crippen molar-refractivity contribution in [3.8, 4) is 0 Å². The molecule has 2 rings (SSSR count). The lowest BCUT2D eigenvalue weighted by Crippen LogP contribution is -2.26. The maximum Gasteiger partial charge on any atom is 0.270 e. The van der Waals surface area contributed by atoms with Crippen molar-refractivity contribution in [2.24, 2.45) is 7.05 Å². The number of nitrogens with zero attached hydrogens (tertiary/aromatic N) is 3. The molecule has 0 radical (unpaired) electrons. The van der Waals surface area contributed by atoms with Crippen LogP contribution in [0.5, 0.6) is 0 Å². The van der Waals surface area contributed by atoms with Gasteiger partial charge >= 0.3 is 0 Å². The van der Waals surface area contributed by atoms with Crippen LogP contribution >= 0.6 is 11.3 Å². The molecule has 0 saturated carbocycles. The fraction of sp³-hybridized carbons (Fsp3) is 0.462. The molecule has 0 spiro atoms. The molecule has 0 aliphatic heterocycles. The Morgan fingerprint density at radius 2 is 2.32 bits per heavy atom. The number of hydrogen-bond donors (Lipinski definition) is 1. The predicted octanol–water partition coefficient (Wildman–Crippen LogP) is 1.97. The molecular formula is C13H18N4OS. The summed E-state index contributed by atoms with van der Waals surface area (Å²) in [6, 6.07) is 1.95. The Morgan fingerprint density at radius 3 is 2.89 bits per heavy atom. The van der Waals surface area contributed by atoms with Gasteiger partial charge in [-0.15, -0.1) is 11.3 Å². The average molecular weight is 278 g/mol. The van der Waals surface area contributed by atoms with Crippen LogP contribution in [0.1, 0.15) is 41.0 Å². The highest BCUT2D eigenvalue weighted by Crippen LogP contribution is 2.18. The van der Waals surface area contributed by atoms with Crippen LogP contribution in [0.4, 0.5) is 0 Å². The molecule has 5 nitrogen and oxygen atoms in total. The molecule has 0 saturated heterocycles. The maximum atomic E-state index is 11.9. The molecule has 0 aliphatic rings. The van der Waals surface area contributed by atoms with Crippen molar-refractivity contribution >= 4 is 17.2 Å². The van der Waals surface area contributed by atoms with Gasteiger partial charge < -0.3 is 5.32 Å². The third kappa shape index (κ3) is 3.41. The second-order valence-electron chi connectivity index (χ2n) is 4.68. The molecule has 102 valence electrons. The minimum Gasteiger partial charge on any atom is -0.350 e. The van der Waals surface area contributed by atoms with Gasteiger partial charge in [-0.05, 0) is 6.07 Å². The van der Waals surface area contributed by atoms with E-state index in [0.717, 1.165) is 17.1 Å². The molecular weight excluding hydrogens is 260 g/mol. The molecule has 2 aromatic heterocycles. The summed E-state index contributed by atoms with van der Waals surface area (Å²) in [5.74, 6) is 0.256. The van der Waals surface area contributed by atoms with Gasteiger partial charge in [0.15, 0.2) is 0 Å². The Morgan fingerprint density at radius 1 is 1.53 bits per heavy atom. The second kappa shape index (κ2) is 5.97. The first-order valence-corrected chi connectivity index (χ1v) is 7.16. The van der Waals surface area contributed by atoms with E-state index >= 15 is 0 Å². The Balaban J connectivity index is 1.85. The van der Waals surface area contributed by atoms with Crippen LogP contribution < -0.4 is 5.32 Å². The highest BCUT2D eigenvalue weighted by Gasteiger charge is 2.12. The number of aryl methyl sites for hydroxylation is 1. The first-order valence-electron chi connectivity index (χ1n) is 6.28. The first-order chi connectivity index (χ1) is 9.08. The summed E-state index contributed by atoms with van der Waals surface area (Å²) < 4.78 is 1.81. The van der Waals surface area contributed by atoms with Gasteiger partial charge in [-0.1, -0.05) is 13.8 Å². The van der Waals surface area contributed by atoms with Crippen molar-refractivity contribution in [1.29, 1.82) is 0 Å². The predicted molar refractivity (Wildman–Crippen MR) is 75.4 cm³/mol. The van der Waals surface area contributed by atoms with E-state index in [2.05, 4.69) is 29.2 Å². The van der Waals surface area contributed by atoms with Crippen LogP contribution in [-0.2, 0) is 13.5 Å². The summed E-state index contributed by atoms with van der Waals surface area (Å²) in [4.78, 5) is 16.2. The molecule has 0 aromatic carbocycles. The Labute approximate surface area is 116 Å². The van der Waals surface area contributed by atoms with E-state index in [1.165, 1.54) is 11.3 Å². The van der Waals surface area contributed by atoms with Gasteiger partial charge in [-0.2, -0.15) is 5.10 Å². The van der Waals surface area contributed by atoms with Gasteiger partial charge in [-0.25, -0.2) is 4.98 Å². The number of hydrogen-bond acceptors (Lipinski definition) is 4. The van der Waals surface area contributed by atoms with E-state index in [9.17, 15) is 4.79 Å². The molecule has 0 fully saturated rings. The van der Waals surface area contributed by atoms with E-state index in [4.69, 9.17) is 0 Å². The number of carbonyl (C=O) groups excluding carboxylic acids is 1.